The van der Waals surface area contributed by atoms with E-state index in [0.29, 0.717) is 29.8 Å². The number of aliphatic hydroxyl groups excluding tert-OH is 1. The van der Waals surface area contributed by atoms with Crippen LogP contribution in [0.2, 0.25) is 0 Å². The van der Waals surface area contributed by atoms with Crippen molar-refractivity contribution in [3.05, 3.63) is 65.7 Å². The zero-order valence-corrected chi connectivity index (χ0v) is 14.4. The number of Topliss-reactive ketones (excluding diaryl/α,β-unsaturated/α-hetero) is 1. The SMILES string of the molecule is CC1(C)CC(=O)/C(=C(\O)c2ccccc2)C(=Nc2ccccc2O)C1. The van der Waals surface area contributed by atoms with Crippen molar-refractivity contribution in [2.75, 3.05) is 0 Å². The summed E-state index contributed by atoms with van der Waals surface area (Å²) in [4.78, 5) is 17.3. The Morgan fingerprint density at radius 3 is 2.32 bits per heavy atom. The molecule has 0 bridgehead atoms. The number of hydrogen-bond donors (Lipinski definition) is 2. The Morgan fingerprint density at radius 2 is 1.64 bits per heavy atom. The van der Waals surface area contributed by atoms with Crippen molar-refractivity contribution in [1.82, 2.24) is 0 Å². The molecular weight excluding hydrogens is 314 g/mol. The van der Waals surface area contributed by atoms with Crippen LogP contribution in [0.5, 0.6) is 5.75 Å². The number of aliphatic hydroxyl groups is 1. The van der Waals surface area contributed by atoms with Crippen LogP contribution in [0.1, 0.15) is 32.3 Å². The summed E-state index contributed by atoms with van der Waals surface area (Å²) >= 11 is 0. The second-order valence-electron chi connectivity index (χ2n) is 7.08. The van der Waals surface area contributed by atoms with E-state index < -0.39 is 0 Å². The van der Waals surface area contributed by atoms with Gasteiger partial charge in [-0.25, -0.2) is 4.99 Å². The number of nitrogens with zero attached hydrogens (tertiary/aromatic N) is 1. The van der Waals surface area contributed by atoms with Gasteiger partial charge in [-0.1, -0.05) is 56.3 Å². The molecule has 4 heteroatoms. The molecule has 128 valence electrons. The third-order valence-corrected chi connectivity index (χ3v) is 4.27. The van der Waals surface area contributed by atoms with Crippen LogP contribution in [-0.2, 0) is 4.79 Å². The van der Waals surface area contributed by atoms with Crippen molar-refractivity contribution in [2.45, 2.75) is 26.7 Å². The Kier molecular flexibility index (Phi) is 4.45. The van der Waals surface area contributed by atoms with Gasteiger partial charge in [0, 0.05) is 12.0 Å². The van der Waals surface area contributed by atoms with Crippen molar-refractivity contribution in [2.24, 2.45) is 10.4 Å². The van der Waals surface area contributed by atoms with Gasteiger partial charge in [-0.05, 0) is 24.0 Å². The summed E-state index contributed by atoms with van der Waals surface area (Å²) in [5.74, 6) is -0.147. The first-order valence-corrected chi connectivity index (χ1v) is 8.25. The number of hydrogen-bond acceptors (Lipinski definition) is 4. The lowest BCUT2D eigenvalue weighted by Crippen LogP contribution is -2.32. The van der Waals surface area contributed by atoms with Gasteiger partial charge in [0.1, 0.15) is 17.2 Å². The number of carbonyl (C=O) groups excluding carboxylic acids is 1. The highest BCUT2D eigenvalue weighted by Crippen LogP contribution is 2.38. The lowest BCUT2D eigenvalue weighted by Gasteiger charge is -2.31. The molecule has 3 rings (SSSR count). The summed E-state index contributed by atoms with van der Waals surface area (Å²) in [6.07, 6.45) is 0.887. The third-order valence-electron chi connectivity index (χ3n) is 4.27. The molecule has 0 aromatic heterocycles. The van der Waals surface area contributed by atoms with E-state index in [-0.39, 0.29) is 28.3 Å². The number of aliphatic imine (C=N–C) groups is 1. The maximum atomic E-state index is 12.7. The molecule has 0 atom stereocenters. The van der Waals surface area contributed by atoms with E-state index in [4.69, 9.17) is 0 Å². The number of carbonyl (C=O) groups is 1. The summed E-state index contributed by atoms with van der Waals surface area (Å²) in [5.41, 5.74) is 1.47. The normalized spacial score (nSPS) is 20.6. The Balaban J connectivity index is 2.17. The monoisotopic (exact) mass is 335 g/mol. The molecule has 0 heterocycles. The molecule has 0 spiro atoms. The Morgan fingerprint density at radius 1 is 1.00 bits per heavy atom. The summed E-state index contributed by atoms with van der Waals surface area (Å²) in [7, 11) is 0. The predicted molar refractivity (Wildman–Crippen MR) is 99.2 cm³/mol. The van der Waals surface area contributed by atoms with Gasteiger partial charge in [-0.2, -0.15) is 0 Å². The number of allylic oxidation sites excluding steroid dienone is 1. The minimum absolute atomic E-state index is 0.0457. The van der Waals surface area contributed by atoms with E-state index in [0.717, 1.165) is 0 Å². The molecule has 2 aromatic carbocycles. The molecule has 0 saturated heterocycles. The molecular formula is C21H21NO3. The van der Waals surface area contributed by atoms with Gasteiger partial charge < -0.3 is 10.2 Å². The van der Waals surface area contributed by atoms with E-state index in [2.05, 4.69) is 4.99 Å². The van der Waals surface area contributed by atoms with Gasteiger partial charge >= 0.3 is 0 Å². The van der Waals surface area contributed by atoms with Crippen LogP contribution >= 0.6 is 0 Å². The van der Waals surface area contributed by atoms with Gasteiger partial charge in [-0.3, -0.25) is 4.79 Å². The quantitative estimate of drug-likeness (QED) is 0.610. The minimum atomic E-state index is -0.249. The van der Waals surface area contributed by atoms with Crippen molar-refractivity contribution in [3.8, 4) is 5.75 Å². The molecule has 0 aliphatic heterocycles. The minimum Gasteiger partial charge on any atom is -0.506 e. The Labute approximate surface area is 147 Å². The van der Waals surface area contributed by atoms with Crippen LogP contribution in [-0.4, -0.2) is 21.7 Å². The molecule has 25 heavy (non-hydrogen) atoms. The highest BCUT2D eigenvalue weighted by Gasteiger charge is 2.36. The molecule has 4 nitrogen and oxygen atoms in total. The van der Waals surface area contributed by atoms with Crippen LogP contribution < -0.4 is 0 Å². The number of benzene rings is 2. The fourth-order valence-corrected chi connectivity index (χ4v) is 3.10. The van der Waals surface area contributed by atoms with Gasteiger partial charge in [0.25, 0.3) is 0 Å². The number of phenolic OH excluding ortho intramolecular Hbond substituents is 1. The average Bonchev–Trinajstić information content (AvgIpc) is 2.56. The largest absolute Gasteiger partial charge is 0.506 e. The molecule has 0 unspecified atom stereocenters. The Hall–Kier alpha value is -2.88. The lowest BCUT2D eigenvalue weighted by molar-refractivity contribution is -0.117. The summed E-state index contributed by atoms with van der Waals surface area (Å²) < 4.78 is 0. The molecule has 2 N–H and O–H groups in total. The predicted octanol–water partition coefficient (Wildman–Crippen LogP) is 4.82. The van der Waals surface area contributed by atoms with Gasteiger partial charge in [0.15, 0.2) is 5.78 Å². The highest BCUT2D eigenvalue weighted by atomic mass is 16.3. The highest BCUT2D eigenvalue weighted by molar-refractivity contribution is 6.28. The first-order chi connectivity index (χ1) is 11.9. The van der Waals surface area contributed by atoms with Crippen LogP contribution in [0.3, 0.4) is 0 Å². The van der Waals surface area contributed by atoms with Crippen molar-refractivity contribution < 1.29 is 15.0 Å². The first-order valence-electron chi connectivity index (χ1n) is 8.25. The van der Waals surface area contributed by atoms with Gasteiger partial charge in [0.05, 0.1) is 11.3 Å². The van der Waals surface area contributed by atoms with Crippen LogP contribution in [0.25, 0.3) is 5.76 Å². The zero-order valence-electron chi connectivity index (χ0n) is 14.4. The van der Waals surface area contributed by atoms with E-state index in [9.17, 15) is 15.0 Å². The molecule has 0 amide bonds. The van der Waals surface area contributed by atoms with Crippen molar-refractivity contribution in [1.29, 1.82) is 0 Å². The molecule has 1 aliphatic rings. The standard InChI is InChI=1S/C21H21NO3/c1-21(2)12-16(22-15-10-6-7-11-17(15)23)19(18(24)13-21)20(25)14-8-4-3-5-9-14/h3-11,23,25H,12-13H2,1-2H3/b20-19-,22-16?. The number of ketones is 1. The first kappa shape index (κ1) is 17.0. The van der Waals surface area contributed by atoms with Crippen molar-refractivity contribution >= 4 is 22.9 Å². The molecule has 1 fully saturated rings. The summed E-state index contributed by atoms with van der Waals surface area (Å²) in [5, 5.41) is 20.7. The fraction of sp³-hybridized carbons (Fsp3) is 0.238. The fourth-order valence-electron chi connectivity index (χ4n) is 3.10. The summed E-state index contributed by atoms with van der Waals surface area (Å²) in [6.45, 7) is 4.00. The third kappa shape index (κ3) is 3.63. The lowest BCUT2D eigenvalue weighted by atomic mass is 9.73. The molecule has 1 aliphatic carbocycles. The van der Waals surface area contributed by atoms with E-state index in [1.165, 1.54) is 0 Å². The van der Waals surface area contributed by atoms with E-state index >= 15 is 0 Å². The Bertz CT molecular complexity index is 864. The number of phenols is 1. The second-order valence-corrected chi connectivity index (χ2v) is 7.08. The molecule has 0 radical (unpaired) electrons. The number of para-hydroxylation sites is 2. The summed E-state index contributed by atoms with van der Waals surface area (Å²) in [6, 6.07) is 15.7. The average molecular weight is 335 g/mol. The second kappa shape index (κ2) is 6.55. The molecule has 1 saturated carbocycles. The van der Waals surface area contributed by atoms with E-state index in [1.54, 1.807) is 36.4 Å². The van der Waals surface area contributed by atoms with Gasteiger partial charge in [-0.15, -0.1) is 0 Å². The maximum absolute atomic E-state index is 12.7. The molecule has 2 aromatic rings. The number of aromatic hydroxyl groups is 1. The smallest absolute Gasteiger partial charge is 0.169 e. The van der Waals surface area contributed by atoms with Crippen LogP contribution in [0.15, 0.2) is 65.2 Å². The zero-order chi connectivity index (χ0) is 18.0. The van der Waals surface area contributed by atoms with Gasteiger partial charge in [0.2, 0.25) is 0 Å². The van der Waals surface area contributed by atoms with Crippen LogP contribution in [0.4, 0.5) is 5.69 Å². The van der Waals surface area contributed by atoms with Crippen molar-refractivity contribution in [3.63, 3.8) is 0 Å². The maximum Gasteiger partial charge on any atom is 0.169 e. The topological polar surface area (TPSA) is 69.9 Å². The van der Waals surface area contributed by atoms with Crippen LogP contribution in [0, 0.1) is 5.41 Å². The van der Waals surface area contributed by atoms with E-state index in [1.807, 2.05) is 32.0 Å². The number of rotatable bonds is 2.